The molecule has 7 heteroatoms. The first-order valence-corrected chi connectivity index (χ1v) is 9.78. The van der Waals surface area contributed by atoms with Crippen molar-refractivity contribution in [1.29, 1.82) is 0 Å². The zero-order valence-corrected chi connectivity index (χ0v) is 15.9. The molecule has 0 spiro atoms. The van der Waals surface area contributed by atoms with Gasteiger partial charge in [0.25, 0.3) is 5.91 Å². The third-order valence-electron chi connectivity index (χ3n) is 5.03. The van der Waals surface area contributed by atoms with Gasteiger partial charge in [-0.05, 0) is 49.2 Å². The molecule has 6 nitrogen and oxygen atoms in total. The summed E-state index contributed by atoms with van der Waals surface area (Å²) in [5, 5.41) is 2.97. The van der Waals surface area contributed by atoms with Crippen LogP contribution >= 0.6 is 0 Å². The van der Waals surface area contributed by atoms with Crippen molar-refractivity contribution in [3.63, 3.8) is 0 Å². The Morgan fingerprint density at radius 2 is 1.76 bits per heavy atom. The van der Waals surface area contributed by atoms with Crippen LogP contribution < -0.4 is 14.8 Å². The number of halogens is 1. The maximum atomic E-state index is 13.0. The smallest absolute Gasteiger partial charge is 0.261 e. The van der Waals surface area contributed by atoms with Crippen LogP contribution in [0, 0.1) is 5.82 Å². The molecular weight excluding hydrogens is 375 g/mol. The van der Waals surface area contributed by atoms with E-state index in [0.29, 0.717) is 24.5 Å². The molecule has 0 unspecified atom stereocenters. The highest BCUT2D eigenvalue weighted by molar-refractivity contribution is 5.89. The highest BCUT2D eigenvalue weighted by Crippen LogP contribution is 2.26. The van der Waals surface area contributed by atoms with Crippen molar-refractivity contribution in [2.24, 2.45) is 0 Å². The van der Waals surface area contributed by atoms with Crippen molar-refractivity contribution >= 4 is 11.8 Å². The molecule has 1 saturated heterocycles. The molecule has 1 saturated carbocycles. The zero-order valence-electron chi connectivity index (χ0n) is 15.9. The summed E-state index contributed by atoms with van der Waals surface area (Å²) in [5.41, 5.74) is 0. The highest BCUT2D eigenvalue weighted by atomic mass is 19.1. The topological polar surface area (TPSA) is 67.9 Å². The first-order chi connectivity index (χ1) is 14.1. The molecule has 2 aromatic carbocycles. The summed E-state index contributed by atoms with van der Waals surface area (Å²) in [4.78, 5) is 27.0. The third-order valence-corrected chi connectivity index (χ3v) is 5.03. The van der Waals surface area contributed by atoms with E-state index in [1.54, 1.807) is 0 Å². The Hall–Kier alpha value is -3.09. The molecular formula is C22H23FN2O4. The number of carbonyl (C=O) groups excluding carboxylic acids is 2. The zero-order chi connectivity index (χ0) is 20.2. The van der Waals surface area contributed by atoms with Crippen molar-refractivity contribution in [2.45, 2.75) is 37.5 Å². The number of hydrogen-bond acceptors (Lipinski definition) is 4. The third kappa shape index (κ3) is 5.04. The number of likely N-dealkylation sites (tertiary alicyclic amines) is 1. The Balaban J connectivity index is 1.41. The molecule has 4 rings (SSSR count). The van der Waals surface area contributed by atoms with Crippen molar-refractivity contribution in [2.75, 3.05) is 13.2 Å². The van der Waals surface area contributed by atoms with E-state index >= 15 is 0 Å². The van der Waals surface area contributed by atoms with Crippen molar-refractivity contribution in [3.05, 3.63) is 60.4 Å². The standard InChI is InChI=1S/C22H23FN2O4/c23-15-6-10-17(11-7-15)28-14-21(26)25-13-19(29-18-4-2-1-3-5-18)12-20(25)22(27)24-16-8-9-16/h1-7,10-11,16,19-20H,8-9,12-14H2,(H,24,27)/t19-,20-/m0/s1. The summed E-state index contributed by atoms with van der Waals surface area (Å²) in [6.07, 6.45) is 2.10. The van der Waals surface area contributed by atoms with Gasteiger partial charge in [-0.3, -0.25) is 9.59 Å². The van der Waals surface area contributed by atoms with E-state index in [1.165, 1.54) is 29.2 Å². The normalized spacial score (nSPS) is 20.9. The second kappa shape index (κ2) is 8.51. The van der Waals surface area contributed by atoms with E-state index < -0.39 is 6.04 Å². The van der Waals surface area contributed by atoms with Gasteiger partial charge in [0.15, 0.2) is 6.61 Å². The maximum absolute atomic E-state index is 13.0. The number of nitrogens with zero attached hydrogens (tertiary/aromatic N) is 1. The second-order valence-corrected chi connectivity index (χ2v) is 7.38. The van der Waals surface area contributed by atoms with Gasteiger partial charge in [0.1, 0.15) is 29.5 Å². The van der Waals surface area contributed by atoms with Crippen LogP contribution in [0.1, 0.15) is 19.3 Å². The number of rotatable bonds is 7. The van der Waals surface area contributed by atoms with Crippen LogP contribution in [-0.4, -0.2) is 48.1 Å². The quantitative estimate of drug-likeness (QED) is 0.778. The monoisotopic (exact) mass is 398 g/mol. The van der Waals surface area contributed by atoms with E-state index in [2.05, 4.69) is 5.32 Å². The first kappa shape index (κ1) is 19.2. The van der Waals surface area contributed by atoms with E-state index in [4.69, 9.17) is 9.47 Å². The Bertz CT molecular complexity index is 855. The van der Waals surface area contributed by atoms with Crippen LogP contribution in [0.15, 0.2) is 54.6 Å². The summed E-state index contributed by atoms with van der Waals surface area (Å²) in [5.74, 6) is 0.276. The lowest BCUT2D eigenvalue weighted by molar-refractivity contribution is -0.140. The largest absolute Gasteiger partial charge is 0.488 e. The summed E-state index contributed by atoms with van der Waals surface area (Å²) in [7, 11) is 0. The number of hydrogen-bond donors (Lipinski definition) is 1. The minimum atomic E-state index is -0.589. The number of carbonyl (C=O) groups is 2. The van der Waals surface area contributed by atoms with Crippen LogP contribution in [0.3, 0.4) is 0 Å². The number of para-hydroxylation sites is 1. The molecule has 1 heterocycles. The van der Waals surface area contributed by atoms with Gasteiger partial charge in [0.2, 0.25) is 5.91 Å². The van der Waals surface area contributed by atoms with E-state index in [1.807, 2.05) is 30.3 Å². The van der Waals surface area contributed by atoms with Crippen LogP contribution in [0.5, 0.6) is 11.5 Å². The molecule has 0 aromatic heterocycles. The fraction of sp³-hybridized carbons (Fsp3) is 0.364. The molecule has 0 radical (unpaired) electrons. The minimum absolute atomic E-state index is 0.151. The number of amides is 2. The number of benzene rings is 2. The van der Waals surface area contributed by atoms with Gasteiger partial charge < -0.3 is 19.7 Å². The lowest BCUT2D eigenvalue weighted by Gasteiger charge is -2.23. The lowest BCUT2D eigenvalue weighted by Crippen LogP contribution is -2.48. The molecule has 1 aliphatic heterocycles. The van der Waals surface area contributed by atoms with E-state index in [0.717, 1.165) is 12.8 Å². The SMILES string of the molecule is O=C(NC1CC1)[C@@H]1C[C@H](Oc2ccccc2)CN1C(=O)COc1ccc(F)cc1. The summed E-state index contributed by atoms with van der Waals surface area (Å²) in [6, 6.07) is 14.4. The average molecular weight is 398 g/mol. The average Bonchev–Trinajstić information content (AvgIpc) is 3.44. The van der Waals surface area contributed by atoms with Crippen LogP contribution in [0.4, 0.5) is 4.39 Å². The summed E-state index contributed by atoms with van der Waals surface area (Å²) >= 11 is 0. The van der Waals surface area contributed by atoms with Crippen LogP contribution in [0.2, 0.25) is 0 Å². The Morgan fingerprint density at radius 1 is 1.03 bits per heavy atom. The van der Waals surface area contributed by atoms with Crippen LogP contribution in [0.25, 0.3) is 0 Å². The van der Waals surface area contributed by atoms with Crippen LogP contribution in [-0.2, 0) is 9.59 Å². The fourth-order valence-electron chi connectivity index (χ4n) is 3.38. The number of nitrogens with one attached hydrogen (secondary N) is 1. The summed E-state index contributed by atoms with van der Waals surface area (Å²) in [6.45, 7) is 0.0835. The van der Waals surface area contributed by atoms with Gasteiger partial charge in [-0.1, -0.05) is 18.2 Å². The summed E-state index contributed by atoms with van der Waals surface area (Å²) < 4.78 is 24.5. The first-order valence-electron chi connectivity index (χ1n) is 9.78. The van der Waals surface area contributed by atoms with Gasteiger partial charge >= 0.3 is 0 Å². The Kier molecular flexibility index (Phi) is 5.64. The van der Waals surface area contributed by atoms with Crippen molar-refractivity contribution in [1.82, 2.24) is 10.2 Å². The molecule has 2 amide bonds. The molecule has 2 aliphatic rings. The molecule has 1 aliphatic carbocycles. The van der Waals surface area contributed by atoms with E-state index in [9.17, 15) is 14.0 Å². The van der Waals surface area contributed by atoms with Gasteiger partial charge in [0.05, 0.1) is 6.54 Å². The molecule has 0 bridgehead atoms. The molecule has 1 N–H and O–H groups in total. The molecule has 2 fully saturated rings. The lowest BCUT2D eigenvalue weighted by atomic mass is 10.2. The molecule has 2 aromatic rings. The second-order valence-electron chi connectivity index (χ2n) is 7.38. The Labute approximate surface area is 168 Å². The highest BCUT2D eigenvalue weighted by Gasteiger charge is 2.42. The fourth-order valence-corrected chi connectivity index (χ4v) is 3.38. The predicted octanol–water partition coefficient (Wildman–Crippen LogP) is 2.53. The number of ether oxygens (including phenoxy) is 2. The van der Waals surface area contributed by atoms with Gasteiger partial charge in [0, 0.05) is 12.5 Å². The van der Waals surface area contributed by atoms with Crippen molar-refractivity contribution < 1.29 is 23.5 Å². The molecule has 29 heavy (non-hydrogen) atoms. The molecule has 152 valence electrons. The van der Waals surface area contributed by atoms with Gasteiger partial charge in [-0.2, -0.15) is 0 Å². The minimum Gasteiger partial charge on any atom is -0.488 e. The molecule has 2 atom stereocenters. The Morgan fingerprint density at radius 3 is 2.45 bits per heavy atom. The van der Waals surface area contributed by atoms with E-state index in [-0.39, 0.29) is 36.4 Å². The van der Waals surface area contributed by atoms with Gasteiger partial charge in [-0.25, -0.2) is 4.39 Å². The van der Waals surface area contributed by atoms with Crippen molar-refractivity contribution in [3.8, 4) is 11.5 Å². The van der Waals surface area contributed by atoms with Gasteiger partial charge in [-0.15, -0.1) is 0 Å². The maximum Gasteiger partial charge on any atom is 0.261 e. The predicted molar refractivity (Wildman–Crippen MR) is 104 cm³/mol.